The summed E-state index contributed by atoms with van der Waals surface area (Å²) in [5, 5.41) is 27.9. The van der Waals surface area contributed by atoms with Gasteiger partial charge in [-0.1, -0.05) is 42.1 Å². The van der Waals surface area contributed by atoms with Crippen molar-refractivity contribution in [3.05, 3.63) is 53.1 Å². The predicted octanol–water partition coefficient (Wildman–Crippen LogP) is 0.442. The number of carboxylic acid groups (broad SMARTS) is 2. The van der Waals surface area contributed by atoms with Gasteiger partial charge in [-0.15, -0.1) is 22.0 Å². The summed E-state index contributed by atoms with van der Waals surface area (Å²) in [7, 11) is 0. The zero-order valence-electron chi connectivity index (χ0n) is 18.2. The van der Waals surface area contributed by atoms with Crippen molar-refractivity contribution in [1.82, 2.24) is 20.4 Å². The standard InChI is InChI=1S/C21H18N4O9S2/c26-9-33-16(10-4-2-1-3-5-10)17(29)22-14-18(30)25-15(20(31)32)11(7-35-19(14)25)8-36-21-24-23-12(34-21)6-13(27)28/h1-5,9,14,16,19H,6-8H2,(H,22,29)(H,27,28)(H,31,32)/t14?,16-,19-/m1/s1. The highest BCUT2D eigenvalue weighted by atomic mass is 32.2. The first kappa shape index (κ1) is 25.2. The second kappa shape index (κ2) is 10.8. The van der Waals surface area contributed by atoms with Gasteiger partial charge in [-0.25, -0.2) is 4.79 Å². The summed E-state index contributed by atoms with van der Waals surface area (Å²) in [6.07, 6.45) is -1.70. The molecule has 36 heavy (non-hydrogen) atoms. The lowest BCUT2D eigenvalue weighted by Gasteiger charge is -2.49. The molecule has 0 bridgehead atoms. The van der Waals surface area contributed by atoms with Gasteiger partial charge < -0.3 is 24.7 Å². The molecule has 13 nitrogen and oxygen atoms in total. The number of hydrogen-bond donors (Lipinski definition) is 3. The highest BCUT2D eigenvalue weighted by molar-refractivity contribution is 8.01. The summed E-state index contributed by atoms with van der Waals surface area (Å²) in [6, 6.07) is 7.27. The van der Waals surface area contributed by atoms with Gasteiger partial charge in [0.2, 0.25) is 12.0 Å². The molecule has 0 spiro atoms. The number of amides is 2. The third-order valence-corrected chi connectivity index (χ3v) is 7.44. The first-order chi connectivity index (χ1) is 17.3. The number of aliphatic carboxylic acids is 2. The number of carbonyl (C=O) groups is 5. The number of benzene rings is 1. The van der Waals surface area contributed by atoms with Gasteiger partial charge in [-0.2, -0.15) is 0 Å². The van der Waals surface area contributed by atoms with Crippen LogP contribution in [-0.4, -0.2) is 78.5 Å². The third-order valence-electron chi connectivity index (χ3n) is 5.20. The predicted molar refractivity (Wildman–Crippen MR) is 122 cm³/mol. The molecule has 1 fully saturated rings. The molecular weight excluding hydrogens is 516 g/mol. The molecule has 3 atom stereocenters. The quantitative estimate of drug-likeness (QED) is 0.205. The largest absolute Gasteiger partial charge is 0.481 e. The number of thioether (sulfide) groups is 2. The Labute approximate surface area is 211 Å². The zero-order chi connectivity index (χ0) is 25.8. The van der Waals surface area contributed by atoms with Crippen LogP contribution in [0, 0.1) is 0 Å². The van der Waals surface area contributed by atoms with Gasteiger partial charge in [-0.3, -0.25) is 24.1 Å². The van der Waals surface area contributed by atoms with E-state index >= 15 is 0 Å². The highest BCUT2D eigenvalue weighted by Gasteiger charge is 2.54. The molecule has 2 aliphatic heterocycles. The maximum atomic E-state index is 12.9. The molecule has 1 saturated heterocycles. The van der Waals surface area contributed by atoms with E-state index in [0.717, 1.165) is 16.7 Å². The number of nitrogens with one attached hydrogen (secondary N) is 1. The summed E-state index contributed by atoms with van der Waals surface area (Å²) in [6.45, 7) is 0.144. The molecule has 0 saturated carbocycles. The Bertz CT molecular complexity index is 1230. The molecule has 2 aliphatic rings. The van der Waals surface area contributed by atoms with Gasteiger partial charge in [0.15, 0.2) is 0 Å². The molecule has 15 heteroatoms. The van der Waals surface area contributed by atoms with E-state index in [1.807, 2.05) is 0 Å². The van der Waals surface area contributed by atoms with Crippen molar-refractivity contribution in [2.75, 3.05) is 11.5 Å². The minimum absolute atomic E-state index is 0.0674. The second-order valence-electron chi connectivity index (χ2n) is 7.50. The highest BCUT2D eigenvalue weighted by Crippen LogP contribution is 2.41. The summed E-state index contributed by atoms with van der Waals surface area (Å²) in [5.74, 6) is -3.48. The van der Waals surface area contributed by atoms with Crippen LogP contribution in [0.3, 0.4) is 0 Å². The Morgan fingerprint density at radius 1 is 1.28 bits per heavy atom. The van der Waals surface area contributed by atoms with Crippen molar-refractivity contribution >= 4 is 53.7 Å². The zero-order valence-corrected chi connectivity index (χ0v) is 19.9. The van der Waals surface area contributed by atoms with Crippen LogP contribution >= 0.6 is 23.5 Å². The van der Waals surface area contributed by atoms with E-state index in [0.29, 0.717) is 11.1 Å². The van der Waals surface area contributed by atoms with Crippen molar-refractivity contribution in [3.8, 4) is 0 Å². The fraction of sp³-hybridized carbons (Fsp3) is 0.286. The minimum atomic E-state index is -1.31. The first-order valence-corrected chi connectivity index (χ1v) is 12.3. The summed E-state index contributed by atoms with van der Waals surface area (Å²) >= 11 is 2.28. The van der Waals surface area contributed by atoms with Crippen LogP contribution in [0.25, 0.3) is 0 Å². The lowest BCUT2D eigenvalue weighted by atomic mass is 10.0. The fourth-order valence-corrected chi connectivity index (χ4v) is 5.91. The van der Waals surface area contributed by atoms with Gasteiger partial charge in [0, 0.05) is 17.1 Å². The molecule has 2 amide bonds. The average molecular weight is 535 g/mol. The van der Waals surface area contributed by atoms with Crippen LogP contribution in [0.4, 0.5) is 0 Å². The van der Waals surface area contributed by atoms with Crippen molar-refractivity contribution in [3.63, 3.8) is 0 Å². The maximum absolute atomic E-state index is 12.9. The van der Waals surface area contributed by atoms with E-state index in [4.69, 9.17) is 14.3 Å². The van der Waals surface area contributed by atoms with Crippen LogP contribution < -0.4 is 5.32 Å². The Morgan fingerprint density at radius 3 is 2.69 bits per heavy atom. The number of carboxylic acids is 2. The van der Waals surface area contributed by atoms with E-state index in [1.165, 1.54) is 11.8 Å². The molecule has 1 aromatic heterocycles. The van der Waals surface area contributed by atoms with E-state index in [1.54, 1.807) is 30.3 Å². The Balaban J connectivity index is 1.45. The first-order valence-electron chi connectivity index (χ1n) is 10.3. The van der Waals surface area contributed by atoms with Crippen LogP contribution in [0.1, 0.15) is 17.6 Å². The summed E-state index contributed by atoms with van der Waals surface area (Å²) < 4.78 is 10.1. The minimum Gasteiger partial charge on any atom is -0.481 e. The molecule has 188 valence electrons. The van der Waals surface area contributed by atoms with Crippen LogP contribution in [0.15, 0.2) is 51.2 Å². The van der Waals surface area contributed by atoms with Gasteiger partial charge in [0.05, 0.1) is 0 Å². The number of rotatable bonds is 11. The molecule has 2 aromatic rings. The maximum Gasteiger partial charge on any atom is 0.352 e. The Hall–Kier alpha value is -3.85. The van der Waals surface area contributed by atoms with Gasteiger partial charge in [0.1, 0.15) is 23.5 Å². The average Bonchev–Trinajstić information content (AvgIpc) is 3.30. The second-order valence-corrected chi connectivity index (χ2v) is 9.53. The van der Waals surface area contributed by atoms with Crippen LogP contribution in [0.2, 0.25) is 0 Å². The third kappa shape index (κ3) is 5.21. The van der Waals surface area contributed by atoms with Gasteiger partial charge in [0.25, 0.3) is 23.5 Å². The topological polar surface area (TPSA) is 189 Å². The van der Waals surface area contributed by atoms with Crippen molar-refractivity contribution in [2.45, 2.75) is 29.2 Å². The number of β-lactam (4-membered cyclic amide) rings is 1. The van der Waals surface area contributed by atoms with Gasteiger partial charge in [-0.05, 0) is 5.57 Å². The van der Waals surface area contributed by atoms with E-state index in [9.17, 15) is 29.1 Å². The molecule has 1 unspecified atom stereocenters. The SMILES string of the molecule is O=CO[C@@H](C(=O)NC1C(=O)N2C(C(=O)O)=C(CSc3nnc(CC(=O)O)o3)CS[C@H]12)c1ccccc1. The molecule has 3 N–H and O–H groups in total. The molecular formula is C21H18N4O9S2. The Morgan fingerprint density at radius 2 is 2.03 bits per heavy atom. The molecule has 3 heterocycles. The number of aromatic nitrogens is 2. The van der Waals surface area contributed by atoms with E-state index in [-0.39, 0.29) is 34.8 Å². The number of hydrogen-bond acceptors (Lipinski definition) is 11. The van der Waals surface area contributed by atoms with Crippen molar-refractivity contribution < 1.29 is 43.3 Å². The monoisotopic (exact) mass is 534 g/mol. The normalized spacial score (nSPS) is 19.7. The van der Waals surface area contributed by atoms with Gasteiger partial charge >= 0.3 is 11.9 Å². The van der Waals surface area contributed by atoms with Crippen molar-refractivity contribution in [1.29, 1.82) is 0 Å². The smallest absolute Gasteiger partial charge is 0.352 e. The number of fused-ring (bicyclic) bond motifs is 1. The number of ether oxygens (including phenoxy) is 1. The molecule has 0 radical (unpaired) electrons. The molecule has 0 aliphatic carbocycles. The summed E-state index contributed by atoms with van der Waals surface area (Å²) in [5.41, 5.74) is 0.645. The molecule has 4 rings (SSSR count). The fourth-order valence-electron chi connectivity index (χ4n) is 3.64. The van der Waals surface area contributed by atoms with Crippen molar-refractivity contribution in [2.24, 2.45) is 0 Å². The summed E-state index contributed by atoms with van der Waals surface area (Å²) in [4.78, 5) is 60.5. The lowest BCUT2D eigenvalue weighted by molar-refractivity contribution is -0.154. The number of carbonyl (C=O) groups excluding carboxylic acids is 3. The van der Waals surface area contributed by atoms with E-state index in [2.05, 4.69) is 15.5 Å². The van der Waals surface area contributed by atoms with Crippen LogP contribution in [-0.2, 0) is 35.1 Å². The lowest BCUT2D eigenvalue weighted by Crippen LogP contribution is -2.71. The Kier molecular flexibility index (Phi) is 7.59. The number of nitrogens with zero attached hydrogens (tertiary/aromatic N) is 3. The van der Waals surface area contributed by atoms with E-state index < -0.39 is 47.7 Å². The van der Waals surface area contributed by atoms with Crippen LogP contribution in [0.5, 0.6) is 0 Å². The molecule has 1 aromatic carbocycles.